The van der Waals surface area contributed by atoms with Gasteiger partial charge in [-0.2, -0.15) is 5.10 Å². The first-order valence-electron chi connectivity index (χ1n) is 7.06. The van der Waals surface area contributed by atoms with E-state index in [4.69, 9.17) is 4.74 Å². The van der Waals surface area contributed by atoms with Crippen LogP contribution in [0.5, 0.6) is 5.75 Å². The van der Waals surface area contributed by atoms with Gasteiger partial charge in [-0.25, -0.2) is 4.79 Å². The number of carbonyl (C=O) groups excluding carboxylic acids is 1. The molecule has 2 amide bonds. The number of nitrogens with zero attached hydrogens (tertiary/aromatic N) is 2. The molecule has 2 aromatic rings. The van der Waals surface area contributed by atoms with Gasteiger partial charge in [0.05, 0.1) is 6.04 Å². The fourth-order valence-electron chi connectivity index (χ4n) is 2.37. The van der Waals surface area contributed by atoms with Crippen LogP contribution in [0, 0.1) is 0 Å². The van der Waals surface area contributed by atoms with Crippen molar-refractivity contribution in [2.75, 3.05) is 13.2 Å². The molecule has 0 saturated heterocycles. The summed E-state index contributed by atoms with van der Waals surface area (Å²) in [6.45, 7) is 1.89. The number of rotatable bonds is 5. The minimum atomic E-state index is -0.166. The average molecular weight is 286 g/mol. The normalized spacial score (nSPS) is 16.1. The Hall–Kier alpha value is -2.50. The van der Waals surface area contributed by atoms with Crippen LogP contribution in [0.2, 0.25) is 0 Å². The van der Waals surface area contributed by atoms with Crippen LogP contribution in [0.3, 0.4) is 0 Å². The minimum absolute atomic E-state index is 0.0766. The van der Waals surface area contributed by atoms with E-state index in [9.17, 15) is 4.79 Å². The van der Waals surface area contributed by atoms with Crippen LogP contribution in [0.25, 0.3) is 0 Å². The zero-order valence-corrected chi connectivity index (χ0v) is 11.7. The lowest BCUT2D eigenvalue weighted by molar-refractivity contribution is 0.231. The van der Waals surface area contributed by atoms with Gasteiger partial charge in [-0.3, -0.25) is 4.68 Å². The third kappa shape index (κ3) is 3.34. The SMILES string of the molecule is O=C(NCCCn1cccn1)NC1COc2ccccc21. The smallest absolute Gasteiger partial charge is 0.315 e. The molecule has 0 saturated carbocycles. The molecule has 21 heavy (non-hydrogen) atoms. The van der Waals surface area contributed by atoms with Crippen LogP contribution in [0.15, 0.2) is 42.7 Å². The summed E-state index contributed by atoms with van der Waals surface area (Å²) in [7, 11) is 0. The minimum Gasteiger partial charge on any atom is -0.491 e. The monoisotopic (exact) mass is 286 g/mol. The van der Waals surface area contributed by atoms with Gasteiger partial charge in [-0.05, 0) is 18.6 Å². The summed E-state index contributed by atoms with van der Waals surface area (Å²) in [4.78, 5) is 11.9. The van der Waals surface area contributed by atoms with Gasteiger partial charge in [0.2, 0.25) is 0 Å². The van der Waals surface area contributed by atoms with Crippen LogP contribution >= 0.6 is 0 Å². The second-order valence-corrected chi connectivity index (χ2v) is 4.92. The first kappa shape index (κ1) is 13.5. The molecule has 0 radical (unpaired) electrons. The predicted molar refractivity (Wildman–Crippen MR) is 78.1 cm³/mol. The Labute approximate surface area is 123 Å². The molecule has 1 aromatic heterocycles. The number of amides is 2. The highest BCUT2D eigenvalue weighted by atomic mass is 16.5. The highest BCUT2D eigenvalue weighted by Crippen LogP contribution is 2.31. The quantitative estimate of drug-likeness (QED) is 0.822. The second-order valence-electron chi connectivity index (χ2n) is 4.92. The Morgan fingerprint density at radius 1 is 1.38 bits per heavy atom. The van der Waals surface area contributed by atoms with E-state index in [0.717, 1.165) is 24.3 Å². The fraction of sp³-hybridized carbons (Fsp3) is 0.333. The summed E-state index contributed by atoms with van der Waals surface area (Å²) < 4.78 is 7.38. The van der Waals surface area contributed by atoms with Gasteiger partial charge in [0.1, 0.15) is 12.4 Å². The zero-order valence-electron chi connectivity index (χ0n) is 11.7. The number of aryl methyl sites for hydroxylation is 1. The number of nitrogens with one attached hydrogen (secondary N) is 2. The summed E-state index contributed by atoms with van der Waals surface area (Å²) in [5, 5.41) is 9.90. The van der Waals surface area contributed by atoms with E-state index < -0.39 is 0 Å². The Morgan fingerprint density at radius 2 is 2.29 bits per heavy atom. The van der Waals surface area contributed by atoms with E-state index in [1.54, 1.807) is 6.20 Å². The standard InChI is InChI=1S/C15H18N4O2/c20-15(16-7-3-9-19-10-4-8-17-19)18-13-11-21-14-6-2-1-5-12(13)14/h1-2,4-6,8,10,13H,3,7,9,11H2,(H2,16,18,20). The van der Waals surface area contributed by atoms with Gasteiger partial charge < -0.3 is 15.4 Å². The summed E-state index contributed by atoms with van der Waals surface area (Å²) in [5.74, 6) is 0.849. The molecule has 0 aliphatic carbocycles. The lowest BCUT2D eigenvalue weighted by Gasteiger charge is -2.12. The molecule has 6 heteroatoms. The lowest BCUT2D eigenvalue weighted by atomic mass is 10.1. The van der Waals surface area contributed by atoms with E-state index in [1.807, 2.05) is 41.2 Å². The van der Waals surface area contributed by atoms with Crippen LogP contribution in [-0.4, -0.2) is 29.0 Å². The molecule has 1 aliphatic rings. The fourth-order valence-corrected chi connectivity index (χ4v) is 2.37. The van der Waals surface area contributed by atoms with Crippen LogP contribution < -0.4 is 15.4 Å². The molecule has 0 bridgehead atoms. The van der Waals surface area contributed by atoms with Gasteiger partial charge in [-0.15, -0.1) is 0 Å². The molecule has 1 aliphatic heterocycles. The van der Waals surface area contributed by atoms with Crippen molar-refractivity contribution >= 4 is 6.03 Å². The number of carbonyl (C=O) groups is 1. The Balaban J connectivity index is 1.41. The Kier molecular flexibility index (Phi) is 4.04. The molecular formula is C15H18N4O2. The number of urea groups is 1. The van der Waals surface area contributed by atoms with E-state index in [1.165, 1.54) is 0 Å². The van der Waals surface area contributed by atoms with Crippen LogP contribution in [-0.2, 0) is 6.54 Å². The molecule has 0 spiro atoms. The number of benzene rings is 1. The highest BCUT2D eigenvalue weighted by Gasteiger charge is 2.24. The van der Waals surface area contributed by atoms with Crippen molar-refractivity contribution in [3.63, 3.8) is 0 Å². The molecule has 0 fully saturated rings. The number of para-hydroxylation sites is 1. The van der Waals surface area contributed by atoms with Crippen molar-refractivity contribution in [2.45, 2.75) is 19.0 Å². The number of hydrogen-bond donors (Lipinski definition) is 2. The van der Waals surface area contributed by atoms with Gasteiger partial charge in [-0.1, -0.05) is 18.2 Å². The maximum absolute atomic E-state index is 11.9. The van der Waals surface area contributed by atoms with Gasteiger partial charge in [0, 0.05) is 31.0 Å². The van der Waals surface area contributed by atoms with Crippen LogP contribution in [0.4, 0.5) is 4.79 Å². The molecule has 110 valence electrons. The maximum Gasteiger partial charge on any atom is 0.315 e. The molecule has 1 unspecified atom stereocenters. The van der Waals surface area contributed by atoms with Gasteiger partial charge in [0.15, 0.2) is 0 Å². The van der Waals surface area contributed by atoms with E-state index in [-0.39, 0.29) is 12.1 Å². The zero-order chi connectivity index (χ0) is 14.5. The number of aromatic nitrogens is 2. The van der Waals surface area contributed by atoms with Crippen molar-refractivity contribution < 1.29 is 9.53 Å². The first-order valence-corrected chi connectivity index (χ1v) is 7.06. The van der Waals surface area contributed by atoms with Gasteiger partial charge in [0.25, 0.3) is 0 Å². The molecule has 2 N–H and O–H groups in total. The summed E-state index contributed by atoms with van der Waals surface area (Å²) in [6.07, 6.45) is 4.50. The Morgan fingerprint density at radius 3 is 3.14 bits per heavy atom. The van der Waals surface area contributed by atoms with Crippen molar-refractivity contribution in [3.05, 3.63) is 48.3 Å². The predicted octanol–water partition coefficient (Wildman–Crippen LogP) is 1.71. The molecule has 3 rings (SSSR count). The third-order valence-electron chi connectivity index (χ3n) is 3.41. The first-order chi connectivity index (χ1) is 10.3. The van der Waals surface area contributed by atoms with Crippen molar-refractivity contribution in [1.82, 2.24) is 20.4 Å². The Bertz CT molecular complexity index is 597. The summed E-state index contributed by atoms with van der Waals surface area (Å²) in [5.41, 5.74) is 1.03. The second kappa shape index (κ2) is 6.30. The van der Waals surface area contributed by atoms with E-state index >= 15 is 0 Å². The summed E-state index contributed by atoms with van der Waals surface area (Å²) >= 11 is 0. The van der Waals surface area contributed by atoms with E-state index in [2.05, 4.69) is 15.7 Å². The van der Waals surface area contributed by atoms with Crippen molar-refractivity contribution in [2.24, 2.45) is 0 Å². The molecule has 1 aromatic carbocycles. The number of hydrogen-bond acceptors (Lipinski definition) is 3. The van der Waals surface area contributed by atoms with Gasteiger partial charge >= 0.3 is 6.03 Å². The highest BCUT2D eigenvalue weighted by molar-refractivity contribution is 5.74. The number of ether oxygens (including phenoxy) is 1. The molecular weight excluding hydrogens is 268 g/mol. The summed E-state index contributed by atoms with van der Waals surface area (Å²) in [6, 6.07) is 9.41. The third-order valence-corrected chi connectivity index (χ3v) is 3.41. The largest absolute Gasteiger partial charge is 0.491 e. The number of fused-ring (bicyclic) bond motifs is 1. The average Bonchev–Trinajstić information content (AvgIpc) is 3.14. The molecule has 2 heterocycles. The lowest BCUT2D eigenvalue weighted by Crippen LogP contribution is -2.39. The van der Waals surface area contributed by atoms with Crippen LogP contribution in [0.1, 0.15) is 18.0 Å². The molecule has 1 atom stereocenters. The van der Waals surface area contributed by atoms with Crippen molar-refractivity contribution in [1.29, 1.82) is 0 Å². The molecule has 6 nitrogen and oxygen atoms in total. The maximum atomic E-state index is 11.9. The topological polar surface area (TPSA) is 68.2 Å². The van der Waals surface area contributed by atoms with Crippen molar-refractivity contribution in [3.8, 4) is 5.75 Å². The van der Waals surface area contributed by atoms with E-state index in [0.29, 0.717) is 13.2 Å².